The van der Waals surface area contributed by atoms with Gasteiger partial charge in [0.2, 0.25) is 12.3 Å². The molecule has 1 aliphatic rings. The maximum absolute atomic E-state index is 13.7. The molecule has 35 heavy (non-hydrogen) atoms. The molecule has 2 heterocycles. The summed E-state index contributed by atoms with van der Waals surface area (Å²) in [6, 6.07) is 13.0. The number of nitrogens with zero attached hydrogens (tertiary/aromatic N) is 3. The molecule has 0 aliphatic carbocycles. The molecule has 4 rings (SSSR count). The normalized spacial score (nSPS) is 14.7. The third-order valence-corrected chi connectivity index (χ3v) is 6.44. The summed E-state index contributed by atoms with van der Waals surface area (Å²) >= 11 is 0. The fraction of sp³-hybridized carbons (Fsp3) is 0.346. The third kappa shape index (κ3) is 5.23. The molecule has 0 saturated carbocycles. The molecule has 184 valence electrons. The number of piperidine rings is 1. The lowest BCUT2D eigenvalue weighted by molar-refractivity contribution is -0.137. The Morgan fingerprint density at radius 1 is 1.17 bits per heavy atom. The Morgan fingerprint density at radius 3 is 2.57 bits per heavy atom. The summed E-state index contributed by atoms with van der Waals surface area (Å²) in [6.45, 7) is 2.66. The number of amides is 2. The van der Waals surface area contributed by atoms with E-state index in [2.05, 4.69) is 10.3 Å². The van der Waals surface area contributed by atoms with Crippen LogP contribution in [-0.2, 0) is 22.2 Å². The van der Waals surface area contributed by atoms with Crippen molar-refractivity contribution in [3.8, 4) is 0 Å². The van der Waals surface area contributed by atoms with Gasteiger partial charge in [0.15, 0.2) is 0 Å². The lowest BCUT2D eigenvalue weighted by Gasteiger charge is -2.38. The van der Waals surface area contributed by atoms with Crippen molar-refractivity contribution >= 4 is 34.6 Å². The molecule has 0 spiro atoms. The van der Waals surface area contributed by atoms with E-state index >= 15 is 0 Å². The number of para-hydroxylation sites is 1. The zero-order valence-corrected chi connectivity index (χ0v) is 19.6. The number of pyridine rings is 1. The van der Waals surface area contributed by atoms with Gasteiger partial charge in [0, 0.05) is 37.3 Å². The highest BCUT2D eigenvalue weighted by molar-refractivity contribution is 5.87. The lowest BCUT2D eigenvalue weighted by Crippen LogP contribution is -2.47. The molecule has 1 saturated heterocycles. The van der Waals surface area contributed by atoms with E-state index in [0.717, 1.165) is 33.1 Å². The Kier molecular flexibility index (Phi) is 6.95. The van der Waals surface area contributed by atoms with Crippen LogP contribution in [0.5, 0.6) is 0 Å². The topological polar surface area (TPSA) is 65.5 Å². The molecule has 6 nitrogen and oxygen atoms in total. The molecular weight excluding hydrogens is 457 g/mol. The number of benzene rings is 2. The number of carbonyl (C=O) groups is 2. The third-order valence-electron chi connectivity index (χ3n) is 6.44. The zero-order valence-electron chi connectivity index (χ0n) is 19.6. The highest BCUT2D eigenvalue weighted by Crippen LogP contribution is 2.42. The quantitative estimate of drug-likeness (QED) is 0.511. The second-order valence-electron chi connectivity index (χ2n) is 8.73. The van der Waals surface area contributed by atoms with E-state index in [4.69, 9.17) is 0 Å². The summed E-state index contributed by atoms with van der Waals surface area (Å²) in [7, 11) is 1.52. The monoisotopic (exact) mass is 484 g/mol. The smallest absolute Gasteiger partial charge is 0.386 e. The Bertz CT molecular complexity index is 1240. The Morgan fingerprint density at radius 2 is 1.91 bits per heavy atom. The van der Waals surface area contributed by atoms with Crippen LogP contribution >= 0.6 is 0 Å². The Labute approximate surface area is 201 Å². The van der Waals surface area contributed by atoms with E-state index in [1.54, 1.807) is 4.90 Å². The van der Waals surface area contributed by atoms with Crippen molar-refractivity contribution in [1.29, 1.82) is 0 Å². The SMILES string of the molecule is CNc1cccc(C(F)(F)F)c1N(C=O)C1CCN(C(=O)Cc2ccc3nc(C)ccc3c2)CC1. The van der Waals surface area contributed by atoms with Gasteiger partial charge in [-0.25, -0.2) is 0 Å². The Hall–Kier alpha value is -3.62. The number of likely N-dealkylation sites (tertiary alicyclic amines) is 1. The minimum atomic E-state index is -4.60. The Balaban J connectivity index is 1.46. The number of aromatic nitrogens is 1. The second kappa shape index (κ2) is 9.93. The van der Waals surface area contributed by atoms with Crippen LogP contribution in [0.25, 0.3) is 10.9 Å². The van der Waals surface area contributed by atoms with E-state index in [1.807, 2.05) is 37.3 Å². The van der Waals surface area contributed by atoms with Crippen LogP contribution in [0.15, 0.2) is 48.5 Å². The van der Waals surface area contributed by atoms with Crippen LogP contribution < -0.4 is 10.2 Å². The van der Waals surface area contributed by atoms with Gasteiger partial charge in [0.1, 0.15) is 0 Å². The predicted octanol–water partition coefficient (Wildman–Crippen LogP) is 4.80. The van der Waals surface area contributed by atoms with Gasteiger partial charge in [-0.05, 0) is 55.7 Å². The van der Waals surface area contributed by atoms with E-state index in [1.165, 1.54) is 19.2 Å². The minimum absolute atomic E-state index is 0.0490. The van der Waals surface area contributed by atoms with Crippen molar-refractivity contribution in [2.45, 2.75) is 38.4 Å². The summed E-state index contributed by atoms with van der Waals surface area (Å²) in [6.07, 6.45) is -3.14. The number of halogens is 3. The molecule has 1 N–H and O–H groups in total. The van der Waals surface area contributed by atoms with Gasteiger partial charge in [0.05, 0.1) is 28.9 Å². The average Bonchev–Trinajstić information content (AvgIpc) is 2.84. The standard InChI is InChI=1S/C26H27F3N4O2/c1-17-6-8-19-14-18(7-9-22(19)31-17)15-24(35)32-12-10-20(11-13-32)33(16-34)25-21(26(27,28)29)4-3-5-23(25)30-2/h3-9,14,16,20,30H,10-13,15H2,1-2H3. The molecular formula is C26H27F3N4O2. The highest BCUT2D eigenvalue weighted by Gasteiger charge is 2.38. The predicted molar refractivity (Wildman–Crippen MR) is 129 cm³/mol. The molecule has 0 atom stereocenters. The molecule has 2 amide bonds. The lowest BCUT2D eigenvalue weighted by atomic mass is 9.99. The number of nitrogens with one attached hydrogen (secondary N) is 1. The van der Waals surface area contributed by atoms with Crippen molar-refractivity contribution in [2.75, 3.05) is 30.4 Å². The highest BCUT2D eigenvalue weighted by atomic mass is 19.4. The van der Waals surface area contributed by atoms with Gasteiger partial charge in [-0.1, -0.05) is 18.2 Å². The van der Waals surface area contributed by atoms with Crippen molar-refractivity contribution in [3.63, 3.8) is 0 Å². The van der Waals surface area contributed by atoms with Crippen molar-refractivity contribution in [3.05, 3.63) is 65.4 Å². The van der Waals surface area contributed by atoms with Crippen molar-refractivity contribution in [2.24, 2.45) is 0 Å². The number of carbonyl (C=O) groups excluding carboxylic acids is 2. The first-order valence-electron chi connectivity index (χ1n) is 11.5. The van der Waals surface area contributed by atoms with Crippen LogP contribution in [0.3, 0.4) is 0 Å². The first kappa shape index (κ1) is 24.5. The van der Waals surface area contributed by atoms with Crippen molar-refractivity contribution in [1.82, 2.24) is 9.88 Å². The molecule has 1 aliphatic heterocycles. The summed E-state index contributed by atoms with van der Waals surface area (Å²) in [5.41, 5.74) is 1.86. The molecule has 9 heteroatoms. The number of fused-ring (bicyclic) bond motifs is 1. The number of hydrogen-bond acceptors (Lipinski definition) is 4. The summed E-state index contributed by atoms with van der Waals surface area (Å²) in [5, 5.41) is 3.73. The maximum atomic E-state index is 13.7. The van der Waals surface area contributed by atoms with Crippen molar-refractivity contribution < 1.29 is 22.8 Å². The van der Waals surface area contributed by atoms with Gasteiger partial charge in [-0.2, -0.15) is 13.2 Å². The average molecular weight is 485 g/mol. The van der Waals surface area contributed by atoms with Gasteiger partial charge in [0.25, 0.3) is 0 Å². The molecule has 0 radical (unpaired) electrons. The number of alkyl halides is 3. The first-order chi connectivity index (χ1) is 16.7. The maximum Gasteiger partial charge on any atom is 0.418 e. The van der Waals surface area contributed by atoms with Gasteiger partial charge in [-0.15, -0.1) is 0 Å². The van der Waals surface area contributed by atoms with Crippen LogP contribution in [-0.4, -0.2) is 48.4 Å². The van der Waals surface area contributed by atoms with Crippen LogP contribution in [0.1, 0.15) is 29.7 Å². The van der Waals surface area contributed by atoms with E-state index in [9.17, 15) is 22.8 Å². The number of anilines is 2. The fourth-order valence-electron chi connectivity index (χ4n) is 4.64. The number of aryl methyl sites for hydroxylation is 1. The fourth-order valence-corrected chi connectivity index (χ4v) is 4.64. The summed E-state index contributed by atoms with van der Waals surface area (Å²) in [5.74, 6) is -0.0490. The first-order valence-corrected chi connectivity index (χ1v) is 11.5. The minimum Gasteiger partial charge on any atom is -0.386 e. The summed E-state index contributed by atoms with van der Waals surface area (Å²) in [4.78, 5) is 32.3. The molecule has 1 fully saturated rings. The molecule has 0 bridgehead atoms. The zero-order chi connectivity index (χ0) is 25.2. The van der Waals surface area contributed by atoms with Crippen LogP contribution in [0.4, 0.5) is 24.5 Å². The molecule has 1 aromatic heterocycles. The second-order valence-corrected chi connectivity index (χ2v) is 8.73. The number of hydrogen-bond donors (Lipinski definition) is 1. The van der Waals surface area contributed by atoms with Gasteiger partial charge >= 0.3 is 6.18 Å². The molecule has 0 unspecified atom stereocenters. The van der Waals surface area contributed by atoms with Crippen LogP contribution in [0, 0.1) is 6.92 Å². The summed E-state index contributed by atoms with van der Waals surface area (Å²) < 4.78 is 41.1. The van der Waals surface area contributed by atoms with E-state index < -0.39 is 17.8 Å². The van der Waals surface area contributed by atoms with Crippen LogP contribution in [0.2, 0.25) is 0 Å². The van der Waals surface area contributed by atoms with E-state index in [-0.39, 0.29) is 23.7 Å². The van der Waals surface area contributed by atoms with Gasteiger partial charge < -0.3 is 15.1 Å². The largest absolute Gasteiger partial charge is 0.418 e. The van der Waals surface area contributed by atoms with Gasteiger partial charge in [-0.3, -0.25) is 14.6 Å². The van der Waals surface area contributed by atoms with E-state index in [0.29, 0.717) is 32.3 Å². The molecule has 3 aromatic rings. The number of rotatable bonds is 6. The molecule has 2 aromatic carbocycles.